The van der Waals surface area contributed by atoms with Gasteiger partial charge in [0.2, 0.25) is 0 Å². The third-order valence-corrected chi connectivity index (χ3v) is 2.13. The lowest BCUT2D eigenvalue weighted by atomic mass is 10.2. The van der Waals surface area contributed by atoms with Gasteiger partial charge < -0.3 is 4.74 Å². The first-order valence-electron chi connectivity index (χ1n) is 3.40. The van der Waals surface area contributed by atoms with Gasteiger partial charge in [-0.05, 0) is 46.0 Å². The van der Waals surface area contributed by atoms with Crippen molar-refractivity contribution in [3.63, 3.8) is 0 Å². The number of nitrogens with zero attached hydrogens (tertiary/aromatic N) is 1. The number of hydrogen-bond acceptors (Lipinski definition) is 4. The maximum absolute atomic E-state index is 11.1. The van der Waals surface area contributed by atoms with Crippen molar-refractivity contribution in [1.82, 2.24) is 0 Å². The van der Waals surface area contributed by atoms with Crippen molar-refractivity contribution in [2.75, 3.05) is 7.11 Å². The molecule has 0 aromatic heterocycles. The quantitative estimate of drug-likeness (QED) is 0.478. The van der Waals surface area contributed by atoms with E-state index in [9.17, 15) is 9.70 Å². The van der Waals surface area contributed by atoms with Gasteiger partial charge in [-0.25, -0.2) is 4.79 Å². The number of hydrogen-bond donors (Lipinski definition) is 0. The first-order valence-corrected chi connectivity index (χ1v) is 4.48. The number of ether oxygens (including phenoxy) is 1. The molecule has 5 heteroatoms. The summed E-state index contributed by atoms with van der Waals surface area (Å²) in [6.07, 6.45) is 0. The summed E-state index contributed by atoms with van der Waals surface area (Å²) in [5, 5.41) is 2.74. The van der Waals surface area contributed by atoms with E-state index >= 15 is 0 Å². The van der Waals surface area contributed by atoms with Crippen LogP contribution in [0.3, 0.4) is 0 Å². The molecule has 0 aliphatic rings. The van der Waals surface area contributed by atoms with Gasteiger partial charge in [-0.1, -0.05) is 0 Å². The fourth-order valence-electron chi connectivity index (χ4n) is 0.863. The number of benzene rings is 1. The number of nitroso groups, excluding NO2 is 1. The molecular weight excluding hydrogens is 285 g/mol. The number of halogens is 1. The Bertz CT molecular complexity index is 351. The molecule has 68 valence electrons. The molecule has 4 nitrogen and oxygen atoms in total. The summed E-state index contributed by atoms with van der Waals surface area (Å²) < 4.78 is 5.33. The average molecular weight is 291 g/mol. The van der Waals surface area contributed by atoms with Gasteiger partial charge >= 0.3 is 5.97 Å². The van der Waals surface area contributed by atoms with Gasteiger partial charge in [0.05, 0.1) is 12.7 Å². The summed E-state index contributed by atoms with van der Waals surface area (Å²) in [5.74, 6) is -0.550. The minimum Gasteiger partial charge on any atom is -0.465 e. The molecule has 0 aliphatic heterocycles. The summed E-state index contributed by atoms with van der Waals surface area (Å²) in [7, 11) is 1.26. The molecule has 1 aromatic carbocycles. The summed E-state index contributed by atoms with van der Waals surface area (Å²) in [5.41, 5.74) is 0.302. The zero-order valence-electron chi connectivity index (χ0n) is 6.78. The molecule has 0 saturated heterocycles. The van der Waals surface area contributed by atoms with E-state index in [0.29, 0.717) is 0 Å². The van der Waals surface area contributed by atoms with Gasteiger partial charge in [0.1, 0.15) is 5.69 Å². The van der Waals surface area contributed by atoms with Gasteiger partial charge in [-0.3, -0.25) is 0 Å². The molecular formula is C8H6INO3. The lowest BCUT2D eigenvalue weighted by Gasteiger charge is -2.00. The van der Waals surface area contributed by atoms with Crippen LogP contribution in [0.4, 0.5) is 5.69 Å². The van der Waals surface area contributed by atoms with Gasteiger partial charge in [-0.2, -0.15) is 0 Å². The predicted molar refractivity (Wildman–Crippen MR) is 56.0 cm³/mol. The second-order valence-corrected chi connectivity index (χ2v) is 3.49. The SMILES string of the molecule is COC(=O)c1ccc(I)cc1N=O. The van der Waals surface area contributed by atoms with Crippen LogP contribution in [0.25, 0.3) is 0 Å². The van der Waals surface area contributed by atoms with Crippen molar-refractivity contribution in [2.45, 2.75) is 0 Å². The molecule has 0 amide bonds. The minimum atomic E-state index is -0.550. The van der Waals surface area contributed by atoms with Gasteiger partial charge in [0.25, 0.3) is 0 Å². The first kappa shape index (κ1) is 10.1. The normalized spacial score (nSPS) is 9.38. The fourth-order valence-corrected chi connectivity index (χ4v) is 1.34. The van der Waals surface area contributed by atoms with Crippen molar-refractivity contribution in [3.05, 3.63) is 32.2 Å². The van der Waals surface area contributed by atoms with Crippen molar-refractivity contribution in [1.29, 1.82) is 0 Å². The second kappa shape index (κ2) is 4.31. The monoisotopic (exact) mass is 291 g/mol. The Morgan fingerprint density at radius 1 is 1.54 bits per heavy atom. The molecule has 0 saturated carbocycles. The molecule has 13 heavy (non-hydrogen) atoms. The van der Waals surface area contributed by atoms with Crippen LogP contribution < -0.4 is 0 Å². The molecule has 0 N–H and O–H groups in total. The molecule has 1 rings (SSSR count). The standard InChI is InChI=1S/C8H6INO3/c1-13-8(11)6-3-2-5(9)4-7(6)10-12/h2-4H,1H3. The largest absolute Gasteiger partial charge is 0.465 e. The van der Waals surface area contributed by atoms with E-state index in [1.54, 1.807) is 6.07 Å². The van der Waals surface area contributed by atoms with Crippen LogP contribution >= 0.6 is 22.6 Å². The summed E-state index contributed by atoms with van der Waals surface area (Å²) >= 11 is 2.03. The lowest BCUT2D eigenvalue weighted by molar-refractivity contribution is 0.0601. The fraction of sp³-hybridized carbons (Fsp3) is 0.125. The van der Waals surface area contributed by atoms with E-state index < -0.39 is 5.97 Å². The smallest absolute Gasteiger partial charge is 0.340 e. The van der Waals surface area contributed by atoms with Crippen LogP contribution in [0.15, 0.2) is 23.4 Å². The average Bonchev–Trinajstić information content (AvgIpc) is 2.16. The minimum absolute atomic E-state index is 0.110. The summed E-state index contributed by atoms with van der Waals surface area (Å²) in [4.78, 5) is 21.4. The van der Waals surface area contributed by atoms with Crippen LogP contribution in [0.2, 0.25) is 0 Å². The van der Waals surface area contributed by atoms with Crippen molar-refractivity contribution in [3.8, 4) is 0 Å². The maximum Gasteiger partial charge on any atom is 0.340 e. The van der Waals surface area contributed by atoms with Crippen LogP contribution in [0.1, 0.15) is 10.4 Å². The molecule has 0 aliphatic carbocycles. The molecule has 0 radical (unpaired) electrons. The number of rotatable bonds is 2. The predicted octanol–water partition coefficient (Wildman–Crippen LogP) is 2.48. The highest BCUT2D eigenvalue weighted by Crippen LogP contribution is 2.22. The molecule has 0 atom stereocenters. The topological polar surface area (TPSA) is 55.7 Å². The van der Waals surface area contributed by atoms with E-state index in [4.69, 9.17) is 0 Å². The molecule has 1 aromatic rings. The highest BCUT2D eigenvalue weighted by molar-refractivity contribution is 14.1. The van der Waals surface area contributed by atoms with Gasteiger partial charge in [0.15, 0.2) is 0 Å². The summed E-state index contributed by atoms with van der Waals surface area (Å²) in [6, 6.07) is 4.76. The van der Waals surface area contributed by atoms with Crippen molar-refractivity contribution < 1.29 is 9.53 Å². The Labute approximate surface area is 88.4 Å². The Hall–Kier alpha value is -0.980. The lowest BCUT2D eigenvalue weighted by Crippen LogP contribution is -2.01. The van der Waals surface area contributed by atoms with Crippen LogP contribution in [-0.2, 0) is 4.74 Å². The molecule has 0 spiro atoms. The third-order valence-electron chi connectivity index (χ3n) is 1.46. The molecule has 0 unspecified atom stereocenters. The molecule has 0 heterocycles. The molecule has 0 fully saturated rings. The van der Waals surface area contributed by atoms with E-state index in [0.717, 1.165) is 3.57 Å². The zero-order valence-corrected chi connectivity index (χ0v) is 8.94. The highest BCUT2D eigenvalue weighted by atomic mass is 127. The number of esters is 1. The number of carbonyl (C=O) groups is 1. The zero-order chi connectivity index (χ0) is 9.84. The Balaban J connectivity index is 3.20. The Kier molecular flexibility index (Phi) is 3.35. The number of methoxy groups -OCH3 is 1. The van der Waals surface area contributed by atoms with Gasteiger partial charge in [-0.15, -0.1) is 4.91 Å². The van der Waals surface area contributed by atoms with E-state index in [-0.39, 0.29) is 11.3 Å². The maximum atomic E-state index is 11.1. The van der Waals surface area contributed by atoms with E-state index in [1.165, 1.54) is 19.2 Å². The second-order valence-electron chi connectivity index (χ2n) is 2.24. The summed E-state index contributed by atoms with van der Waals surface area (Å²) in [6.45, 7) is 0. The van der Waals surface area contributed by atoms with Crippen LogP contribution in [-0.4, -0.2) is 13.1 Å². The van der Waals surface area contributed by atoms with Crippen molar-refractivity contribution in [2.24, 2.45) is 5.18 Å². The van der Waals surface area contributed by atoms with Gasteiger partial charge in [0, 0.05) is 3.57 Å². The molecule has 0 bridgehead atoms. The van der Waals surface area contributed by atoms with Crippen LogP contribution in [0.5, 0.6) is 0 Å². The van der Waals surface area contributed by atoms with Crippen LogP contribution in [0, 0.1) is 8.48 Å². The van der Waals surface area contributed by atoms with Crippen molar-refractivity contribution >= 4 is 34.2 Å². The number of carbonyl (C=O) groups excluding carboxylic acids is 1. The third kappa shape index (κ3) is 2.24. The Morgan fingerprint density at radius 3 is 2.77 bits per heavy atom. The van der Waals surface area contributed by atoms with E-state index in [2.05, 4.69) is 9.91 Å². The van der Waals surface area contributed by atoms with E-state index in [1.807, 2.05) is 22.6 Å². The Morgan fingerprint density at radius 2 is 2.23 bits per heavy atom. The first-order chi connectivity index (χ1) is 6.19. The highest BCUT2D eigenvalue weighted by Gasteiger charge is 2.12.